The minimum absolute atomic E-state index is 0.191. The molecule has 0 bridgehead atoms. The molecule has 0 amide bonds. The van der Waals surface area contributed by atoms with Gasteiger partial charge in [-0.2, -0.15) is 0 Å². The van der Waals surface area contributed by atoms with Crippen LogP contribution < -0.4 is 9.47 Å². The number of hydrogen-bond acceptors (Lipinski definition) is 3. The highest BCUT2D eigenvalue weighted by atomic mass is 16.5. The molecule has 1 saturated carbocycles. The Morgan fingerprint density at radius 3 is 2.12 bits per heavy atom. The fourth-order valence-electron chi connectivity index (χ4n) is 2.06. The van der Waals surface area contributed by atoms with Crippen LogP contribution in [0.1, 0.15) is 24.8 Å². The number of carbonyl (C=O) groups is 1. The summed E-state index contributed by atoms with van der Waals surface area (Å²) in [5, 5.41) is 0. The molecule has 86 valence electrons. The number of rotatable bonds is 4. The van der Waals surface area contributed by atoms with Gasteiger partial charge in [0.25, 0.3) is 0 Å². The van der Waals surface area contributed by atoms with Crippen LogP contribution >= 0.6 is 0 Å². The van der Waals surface area contributed by atoms with Crippen LogP contribution in [0.3, 0.4) is 0 Å². The summed E-state index contributed by atoms with van der Waals surface area (Å²) in [5.41, 5.74) is 1.14. The van der Waals surface area contributed by atoms with Crippen LogP contribution in [0.25, 0.3) is 0 Å². The van der Waals surface area contributed by atoms with Crippen molar-refractivity contribution in [2.45, 2.75) is 19.3 Å². The Labute approximate surface area is 95.4 Å². The summed E-state index contributed by atoms with van der Waals surface area (Å²) in [6, 6.07) is 5.81. The van der Waals surface area contributed by atoms with Crippen molar-refractivity contribution in [3.8, 4) is 11.5 Å². The van der Waals surface area contributed by atoms with Crippen molar-refractivity contribution in [2.24, 2.45) is 5.92 Å². The molecule has 0 aliphatic heterocycles. The van der Waals surface area contributed by atoms with Crippen molar-refractivity contribution >= 4 is 5.78 Å². The normalized spacial score (nSPS) is 22.7. The number of methoxy groups -OCH3 is 2. The van der Waals surface area contributed by atoms with Crippen molar-refractivity contribution in [1.82, 2.24) is 0 Å². The van der Waals surface area contributed by atoms with Crippen LogP contribution in [-0.2, 0) is 4.79 Å². The standard InChI is InChI=1S/C13H16O3/c1-8(14)12-7-13(12)9-4-10(15-2)6-11(5-9)16-3/h4-6,12-13H,7H2,1-3H3/t12-,13-/m1/s1. The van der Waals surface area contributed by atoms with Crippen LogP contribution in [0, 0.1) is 5.92 Å². The third-order valence-electron chi connectivity index (χ3n) is 3.11. The largest absolute Gasteiger partial charge is 0.497 e. The fourth-order valence-corrected chi connectivity index (χ4v) is 2.06. The predicted molar refractivity (Wildman–Crippen MR) is 61.1 cm³/mol. The number of ketones is 1. The van der Waals surface area contributed by atoms with Gasteiger partial charge in [0.15, 0.2) is 0 Å². The first kappa shape index (κ1) is 11.0. The van der Waals surface area contributed by atoms with Gasteiger partial charge < -0.3 is 9.47 Å². The van der Waals surface area contributed by atoms with E-state index in [0.717, 1.165) is 23.5 Å². The molecule has 0 heterocycles. The van der Waals surface area contributed by atoms with Gasteiger partial charge in [0.05, 0.1) is 14.2 Å². The monoisotopic (exact) mass is 220 g/mol. The molecule has 3 nitrogen and oxygen atoms in total. The second-order valence-corrected chi connectivity index (χ2v) is 4.21. The maximum absolute atomic E-state index is 11.2. The summed E-state index contributed by atoms with van der Waals surface area (Å²) >= 11 is 0. The van der Waals surface area contributed by atoms with E-state index in [1.54, 1.807) is 21.1 Å². The summed E-state index contributed by atoms with van der Waals surface area (Å²) in [6.07, 6.45) is 0.950. The zero-order valence-corrected chi connectivity index (χ0v) is 9.82. The number of benzene rings is 1. The number of ether oxygens (including phenoxy) is 2. The minimum Gasteiger partial charge on any atom is -0.497 e. The van der Waals surface area contributed by atoms with Crippen molar-refractivity contribution in [3.63, 3.8) is 0 Å². The number of hydrogen-bond donors (Lipinski definition) is 0. The lowest BCUT2D eigenvalue weighted by molar-refractivity contribution is -0.118. The molecule has 2 atom stereocenters. The van der Waals surface area contributed by atoms with Crippen LogP contribution in [-0.4, -0.2) is 20.0 Å². The molecule has 1 aromatic rings. The van der Waals surface area contributed by atoms with Crippen LogP contribution in [0.15, 0.2) is 18.2 Å². The molecule has 2 rings (SSSR count). The third kappa shape index (κ3) is 2.03. The molecule has 1 aliphatic carbocycles. The van der Waals surface area contributed by atoms with E-state index in [0.29, 0.717) is 5.92 Å². The van der Waals surface area contributed by atoms with Crippen LogP contribution in [0.4, 0.5) is 0 Å². The highest BCUT2D eigenvalue weighted by Crippen LogP contribution is 2.49. The Morgan fingerprint density at radius 1 is 1.19 bits per heavy atom. The molecule has 0 unspecified atom stereocenters. The smallest absolute Gasteiger partial charge is 0.133 e. The Morgan fingerprint density at radius 2 is 1.75 bits per heavy atom. The fraction of sp³-hybridized carbons (Fsp3) is 0.462. The van der Waals surface area contributed by atoms with Gasteiger partial charge in [-0.25, -0.2) is 0 Å². The first-order chi connectivity index (χ1) is 7.65. The molecule has 1 aromatic carbocycles. The summed E-state index contributed by atoms with van der Waals surface area (Å²) in [6.45, 7) is 1.65. The van der Waals surface area contributed by atoms with E-state index in [9.17, 15) is 4.79 Å². The quantitative estimate of drug-likeness (QED) is 0.781. The average molecular weight is 220 g/mol. The third-order valence-corrected chi connectivity index (χ3v) is 3.11. The van der Waals surface area contributed by atoms with E-state index < -0.39 is 0 Å². The van der Waals surface area contributed by atoms with Gasteiger partial charge in [-0.1, -0.05) is 0 Å². The molecule has 16 heavy (non-hydrogen) atoms. The summed E-state index contributed by atoms with van der Waals surface area (Å²) in [7, 11) is 3.27. The number of carbonyl (C=O) groups excluding carboxylic acids is 1. The topological polar surface area (TPSA) is 35.5 Å². The van der Waals surface area contributed by atoms with Crippen LogP contribution in [0.5, 0.6) is 11.5 Å². The maximum Gasteiger partial charge on any atom is 0.133 e. The van der Waals surface area contributed by atoms with Crippen LogP contribution in [0.2, 0.25) is 0 Å². The van der Waals surface area contributed by atoms with E-state index in [-0.39, 0.29) is 11.7 Å². The second kappa shape index (κ2) is 4.16. The molecular weight excluding hydrogens is 204 g/mol. The molecule has 3 heteroatoms. The average Bonchev–Trinajstić information content (AvgIpc) is 3.08. The van der Waals surface area contributed by atoms with Crippen molar-refractivity contribution in [1.29, 1.82) is 0 Å². The Hall–Kier alpha value is -1.51. The van der Waals surface area contributed by atoms with Gasteiger partial charge in [0.1, 0.15) is 17.3 Å². The molecule has 1 aliphatic rings. The van der Waals surface area contributed by atoms with Gasteiger partial charge >= 0.3 is 0 Å². The highest BCUT2D eigenvalue weighted by molar-refractivity contribution is 5.82. The number of Topliss-reactive ketones (excluding diaryl/α,β-unsaturated/α-hetero) is 1. The van der Waals surface area contributed by atoms with E-state index in [1.165, 1.54) is 0 Å². The lowest BCUT2D eigenvalue weighted by atomic mass is 10.1. The predicted octanol–water partition coefficient (Wildman–Crippen LogP) is 2.40. The SMILES string of the molecule is COc1cc(OC)cc([C@H]2C[C@@H]2C(C)=O)c1. The lowest BCUT2D eigenvalue weighted by Crippen LogP contribution is -1.96. The van der Waals surface area contributed by atoms with Gasteiger partial charge in [0.2, 0.25) is 0 Å². The van der Waals surface area contributed by atoms with E-state index >= 15 is 0 Å². The molecule has 0 saturated heterocycles. The Balaban J connectivity index is 2.24. The molecule has 1 fully saturated rings. The molecule has 0 aromatic heterocycles. The van der Waals surface area contributed by atoms with E-state index in [4.69, 9.17) is 9.47 Å². The van der Waals surface area contributed by atoms with Gasteiger partial charge in [-0.3, -0.25) is 4.79 Å². The Bertz CT molecular complexity index is 389. The zero-order chi connectivity index (χ0) is 11.7. The highest BCUT2D eigenvalue weighted by Gasteiger charge is 2.42. The first-order valence-corrected chi connectivity index (χ1v) is 5.39. The molecule has 0 spiro atoms. The van der Waals surface area contributed by atoms with Gasteiger partial charge in [0, 0.05) is 12.0 Å². The molecule has 0 N–H and O–H groups in total. The first-order valence-electron chi connectivity index (χ1n) is 5.39. The van der Waals surface area contributed by atoms with Crippen molar-refractivity contribution in [3.05, 3.63) is 23.8 Å². The zero-order valence-electron chi connectivity index (χ0n) is 9.82. The van der Waals surface area contributed by atoms with Gasteiger partial charge in [-0.05, 0) is 37.0 Å². The Kier molecular flexibility index (Phi) is 2.86. The van der Waals surface area contributed by atoms with E-state index in [1.807, 2.05) is 18.2 Å². The summed E-state index contributed by atoms with van der Waals surface area (Å²) in [4.78, 5) is 11.2. The minimum atomic E-state index is 0.191. The van der Waals surface area contributed by atoms with Crippen molar-refractivity contribution < 1.29 is 14.3 Å². The summed E-state index contributed by atoms with van der Waals surface area (Å²) < 4.78 is 10.4. The molecular formula is C13H16O3. The van der Waals surface area contributed by atoms with Crippen molar-refractivity contribution in [2.75, 3.05) is 14.2 Å². The van der Waals surface area contributed by atoms with E-state index in [2.05, 4.69) is 0 Å². The van der Waals surface area contributed by atoms with Gasteiger partial charge in [-0.15, -0.1) is 0 Å². The lowest BCUT2D eigenvalue weighted by Gasteiger charge is -2.07. The summed E-state index contributed by atoms with van der Waals surface area (Å²) in [5.74, 6) is 2.37. The molecule has 0 radical (unpaired) electrons. The maximum atomic E-state index is 11.2. The second-order valence-electron chi connectivity index (χ2n) is 4.21.